The largest absolute Gasteiger partial charge is 0.454 e. The van der Waals surface area contributed by atoms with Crippen molar-refractivity contribution in [1.82, 2.24) is 0 Å². The number of rotatable bonds is 0. The lowest BCUT2D eigenvalue weighted by Gasteiger charge is -2.00. The number of benzene rings is 1. The highest BCUT2D eigenvalue weighted by Gasteiger charge is 2.27. The van der Waals surface area contributed by atoms with Gasteiger partial charge in [-0.1, -0.05) is 27.3 Å². The SMILES string of the molecule is C.CC.CC1OC(=O)c2cc(N)ccc21. The van der Waals surface area contributed by atoms with Crippen LogP contribution in [0.3, 0.4) is 0 Å². The molecule has 1 atom stereocenters. The van der Waals surface area contributed by atoms with Gasteiger partial charge < -0.3 is 10.5 Å². The lowest BCUT2D eigenvalue weighted by atomic mass is 10.1. The molecule has 15 heavy (non-hydrogen) atoms. The minimum atomic E-state index is -0.273. The fourth-order valence-electron chi connectivity index (χ4n) is 1.39. The summed E-state index contributed by atoms with van der Waals surface area (Å²) in [4.78, 5) is 11.2. The molecule has 3 heteroatoms. The Labute approximate surface area is 91.2 Å². The van der Waals surface area contributed by atoms with Gasteiger partial charge in [0.25, 0.3) is 0 Å². The lowest BCUT2D eigenvalue weighted by Crippen LogP contribution is -1.95. The first kappa shape index (κ1) is 13.5. The molecule has 0 aliphatic carbocycles. The Kier molecular flexibility index (Phi) is 4.85. The summed E-state index contributed by atoms with van der Waals surface area (Å²) in [5.41, 5.74) is 7.65. The molecule has 1 aliphatic heterocycles. The molecule has 1 unspecified atom stereocenters. The predicted molar refractivity (Wildman–Crippen MR) is 62.8 cm³/mol. The standard InChI is InChI=1S/C9H9NO2.C2H6.CH4/c1-5-7-3-2-6(10)4-8(7)9(11)12-5;1-2;/h2-5H,10H2,1H3;1-2H3;1H4. The van der Waals surface area contributed by atoms with Crippen molar-refractivity contribution in [3.05, 3.63) is 29.3 Å². The van der Waals surface area contributed by atoms with E-state index in [9.17, 15) is 4.79 Å². The van der Waals surface area contributed by atoms with Crippen molar-refractivity contribution < 1.29 is 9.53 Å². The summed E-state index contributed by atoms with van der Waals surface area (Å²) in [6.07, 6.45) is -0.131. The van der Waals surface area contributed by atoms with Crippen LogP contribution < -0.4 is 5.73 Å². The van der Waals surface area contributed by atoms with E-state index in [0.717, 1.165) is 5.56 Å². The molecule has 0 fully saturated rings. The van der Waals surface area contributed by atoms with E-state index in [1.807, 2.05) is 26.8 Å². The van der Waals surface area contributed by atoms with Gasteiger partial charge in [-0.3, -0.25) is 0 Å². The number of nitrogens with two attached hydrogens (primary N) is 1. The zero-order chi connectivity index (χ0) is 10.7. The van der Waals surface area contributed by atoms with Crippen molar-refractivity contribution in [2.75, 3.05) is 5.73 Å². The van der Waals surface area contributed by atoms with Crippen LogP contribution in [-0.4, -0.2) is 5.97 Å². The normalized spacial score (nSPS) is 16.7. The van der Waals surface area contributed by atoms with Gasteiger partial charge in [-0.25, -0.2) is 4.79 Å². The van der Waals surface area contributed by atoms with Crippen LogP contribution in [0.1, 0.15) is 50.2 Å². The number of nitrogen functional groups attached to an aromatic ring is 1. The second-order valence-corrected chi connectivity index (χ2v) is 2.89. The first-order valence-electron chi connectivity index (χ1n) is 4.79. The smallest absolute Gasteiger partial charge is 0.339 e. The zero-order valence-electron chi connectivity index (χ0n) is 8.70. The van der Waals surface area contributed by atoms with Crippen LogP contribution in [0.4, 0.5) is 5.69 Å². The van der Waals surface area contributed by atoms with Gasteiger partial charge >= 0.3 is 5.97 Å². The number of hydrogen-bond donors (Lipinski definition) is 1. The van der Waals surface area contributed by atoms with E-state index in [-0.39, 0.29) is 19.5 Å². The van der Waals surface area contributed by atoms with Crippen molar-refractivity contribution in [1.29, 1.82) is 0 Å². The van der Waals surface area contributed by atoms with Gasteiger partial charge in [0, 0.05) is 11.3 Å². The zero-order valence-corrected chi connectivity index (χ0v) is 8.70. The number of cyclic esters (lactones) is 1. The van der Waals surface area contributed by atoms with Crippen LogP contribution in [0.5, 0.6) is 0 Å². The van der Waals surface area contributed by atoms with Crippen molar-refractivity contribution >= 4 is 11.7 Å². The molecule has 3 nitrogen and oxygen atoms in total. The Morgan fingerprint density at radius 3 is 2.53 bits per heavy atom. The van der Waals surface area contributed by atoms with Crippen LogP contribution in [-0.2, 0) is 4.74 Å². The molecule has 1 aliphatic rings. The van der Waals surface area contributed by atoms with E-state index < -0.39 is 0 Å². The number of carbonyl (C=O) groups excluding carboxylic acids is 1. The van der Waals surface area contributed by atoms with E-state index in [0.29, 0.717) is 11.3 Å². The molecule has 2 N–H and O–H groups in total. The summed E-state index contributed by atoms with van der Waals surface area (Å²) < 4.78 is 4.99. The summed E-state index contributed by atoms with van der Waals surface area (Å²) in [7, 11) is 0. The van der Waals surface area contributed by atoms with Gasteiger partial charge in [0.2, 0.25) is 0 Å². The third-order valence-corrected chi connectivity index (χ3v) is 2.02. The van der Waals surface area contributed by atoms with Crippen LogP contribution in [0.25, 0.3) is 0 Å². The molecular weight excluding hydrogens is 190 g/mol. The maximum atomic E-state index is 11.2. The van der Waals surface area contributed by atoms with Crippen molar-refractivity contribution in [3.8, 4) is 0 Å². The number of carbonyl (C=O) groups is 1. The number of hydrogen-bond acceptors (Lipinski definition) is 3. The maximum Gasteiger partial charge on any atom is 0.339 e. The van der Waals surface area contributed by atoms with Gasteiger partial charge in [0.1, 0.15) is 6.10 Å². The summed E-state index contributed by atoms with van der Waals surface area (Å²) >= 11 is 0. The van der Waals surface area contributed by atoms with E-state index in [2.05, 4.69) is 0 Å². The van der Waals surface area contributed by atoms with Crippen molar-refractivity contribution in [3.63, 3.8) is 0 Å². The minimum Gasteiger partial charge on any atom is -0.454 e. The number of ether oxygens (including phenoxy) is 1. The Morgan fingerprint density at radius 2 is 1.93 bits per heavy atom. The summed E-state index contributed by atoms with van der Waals surface area (Å²) in [6.45, 7) is 5.85. The molecule has 0 aromatic heterocycles. The van der Waals surface area contributed by atoms with Gasteiger partial charge in [-0.15, -0.1) is 0 Å². The van der Waals surface area contributed by atoms with E-state index in [1.54, 1.807) is 12.1 Å². The van der Waals surface area contributed by atoms with Crippen LogP contribution in [0.15, 0.2) is 18.2 Å². The first-order chi connectivity index (χ1) is 6.68. The molecule has 0 amide bonds. The van der Waals surface area contributed by atoms with E-state index >= 15 is 0 Å². The fourth-order valence-corrected chi connectivity index (χ4v) is 1.39. The van der Waals surface area contributed by atoms with Crippen molar-refractivity contribution in [2.45, 2.75) is 34.3 Å². The number of esters is 1. The van der Waals surface area contributed by atoms with Gasteiger partial charge in [0.15, 0.2) is 0 Å². The van der Waals surface area contributed by atoms with Gasteiger partial charge in [-0.2, -0.15) is 0 Å². The highest BCUT2D eigenvalue weighted by molar-refractivity contribution is 5.94. The monoisotopic (exact) mass is 209 g/mol. The topological polar surface area (TPSA) is 52.3 Å². The van der Waals surface area contributed by atoms with Gasteiger partial charge in [-0.05, 0) is 19.1 Å². The summed E-state index contributed by atoms with van der Waals surface area (Å²) in [6, 6.07) is 5.26. The van der Waals surface area contributed by atoms with Crippen LogP contribution in [0.2, 0.25) is 0 Å². The van der Waals surface area contributed by atoms with Crippen LogP contribution in [0, 0.1) is 0 Å². The second kappa shape index (κ2) is 5.39. The second-order valence-electron chi connectivity index (χ2n) is 2.89. The fraction of sp³-hybridized carbons (Fsp3) is 0.417. The summed E-state index contributed by atoms with van der Waals surface area (Å²) in [5, 5.41) is 0. The number of anilines is 1. The Morgan fingerprint density at radius 1 is 1.33 bits per heavy atom. The molecule has 1 heterocycles. The molecule has 0 saturated carbocycles. The summed E-state index contributed by atoms with van der Waals surface area (Å²) in [5.74, 6) is -0.273. The molecule has 1 aromatic carbocycles. The lowest BCUT2D eigenvalue weighted by molar-refractivity contribution is 0.0422. The quantitative estimate of drug-likeness (QED) is 0.527. The maximum absolute atomic E-state index is 11.2. The van der Waals surface area contributed by atoms with E-state index in [4.69, 9.17) is 10.5 Å². The number of fused-ring (bicyclic) bond motifs is 1. The Bertz CT molecular complexity index is 347. The first-order valence-corrected chi connectivity index (χ1v) is 4.79. The van der Waals surface area contributed by atoms with Gasteiger partial charge in [0.05, 0.1) is 5.56 Å². The molecule has 84 valence electrons. The molecule has 2 rings (SSSR count). The highest BCUT2D eigenvalue weighted by atomic mass is 16.5. The average Bonchev–Trinajstić information content (AvgIpc) is 2.46. The molecular formula is C12H19NO2. The average molecular weight is 209 g/mol. The molecule has 0 radical (unpaired) electrons. The third-order valence-electron chi connectivity index (χ3n) is 2.02. The third kappa shape index (κ3) is 2.49. The van der Waals surface area contributed by atoms with Crippen LogP contribution >= 0.6 is 0 Å². The Balaban J connectivity index is 0.000000617. The predicted octanol–water partition coefficient (Wildman–Crippen LogP) is 3.16. The minimum absolute atomic E-state index is 0. The molecule has 1 aromatic rings. The molecule has 0 saturated heterocycles. The van der Waals surface area contributed by atoms with Crippen molar-refractivity contribution in [2.24, 2.45) is 0 Å². The molecule has 0 spiro atoms. The molecule has 0 bridgehead atoms. The van der Waals surface area contributed by atoms with E-state index in [1.165, 1.54) is 0 Å². The highest BCUT2D eigenvalue weighted by Crippen LogP contribution is 2.30. The Hall–Kier alpha value is -1.51.